The molecule has 0 heterocycles. The Morgan fingerprint density at radius 1 is 0.957 bits per heavy atom. The Balaban J connectivity index is 2.05. The lowest BCUT2D eigenvalue weighted by Gasteiger charge is -2.13. The molecule has 0 aliphatic heterocycles. The normalized spacial score (nSPS) is 11.3. The summed E-state index contributed by atoms with van der Waals surface area (Å²) in [5, 5.41) is 0. The van der Waals surface area contributed by atoms with Crippen LogP contribution in [0.15, 0.2) is 42.5 Å². The summed E-state index contributed by atoms with van der Waals surface area (Å²) in [5.41, 5.74) is 6.52. The molecule has 6 heteroatoms. The number of hydrogen-bond acceptors (Lipinski definition) is 3. The number of rotatable bonds is 6. The van der Waals surface area contributed by atoms with E-state index in [-0.39, 0.29) is 6.61 Å². The monoisotopic (exact) mass is 325 g/mol. The minimum Gasteiger partial charge on any atom is -0.493 e. The number of halogens is 3. The van der Waals surface area contributed by atoms with E-state index < -0.39 is 11.7 Å². The van der Waals surface area contributed by atoms with E-state index in [1.807, 2.05) is 12.1 Å². The minimum absolute atomic E-state index is 0.157. The van der Waals surface area contributed by atoms with Crippen molar-refractivity contribution in [3.8, 4) is 11.5 Å². The molecule has 23 heavy (non-hydrogen) atoms. The van der Waals surface area contributed by atoms with Crippen molar-refractivity contribution < 1.29 is 22.6 Å². The molecular formula is C17H18F3NO2. The second-order valence-corrected chi connectivity index (χ2v) is 5.01. The van der Waals surface area contributed by atoms with Crippen molar-refractivity contribution in [2.45, 2.75) is 19.2 Å². The van der Waals surface area contributed by atoms with Crippen LogP contribution in [0.25, 0.3) is 0 Å². The van der Waals surface area contributed by atoms with Crippen molar-refractivity contribution in [1.82, 2.24) is 0 Å². The van der Waals surface area contributed by atoms with Crippen LogP contribution in [0.3, 0.4) is 0 Å². The van der Waals surface area contributed by atoms with E-state index in [1.165, 1.54) is 19.2 Å². The van der Waals surface area contributed by atoms with Gasteiger partial charge in [0, 0.05) is 0 Å². The van der Waals surface area contributed by atoms with E-state index in [1.54, 1.807) is 6.07 Å². The highest BCUT2D eigenvalue weighted by Crippen LogP contribution is 2.31. The highest BCUT2D eigenvalue weighted by atomic mass is 19.4. The van der Waals surface area contributed by atoms with E-state index in [0.717, 1.165) is 24.1 Å². The van der Waals surface area contributed by atoms with Gasteiger partial charge in [-0.25, -0.2) is 0 Å². The van der Waals surface area contributed by atoms with Gasteiger partial charge in [-0.05, 0) is 48.4 Å². The lowest BCUT2D eigenvalue weighted by Crippen LogP contribution is -2.05. The second kappa shape index (κ2) is 7.37. The largest absolute Gasteiger partial charge is 0.493 e. The van der Waals surface area contributed by atoms with Crippen LogP contribution >= 0.6 is 0 Å². The molecular weight excluding hydrogens is 307 g/mol. The number of benzene rings is 2. The van der Waals surface area contributed by atoms with Crippen LogP contribution in [0.4, 0.5) is 13.2 Å². The molecule has 124 valence electrons. The third-order valence-corrected chi connectivity index (χ3v) is 3.34. The van der Waals surface area contributed by atoms with Gasteiger partial charge in [0.25, 0.3) is 0 Å². The fourth-order valence-corrected chi connectivity index (χ4v) is 2.10. The third kappa shape index (κ3) is 4.63. The van der Waals surface area contributed by atoms with Gasteiger partial charge in [0.2, 0.25) is 0 Å². The summed E-state index contributed by atoms with van der Waals surface area (Å²) in [6.45, 7) is 0.694. The van der Waals surface area contributed by atoms with Crippen LogP contribution in [-0.2, 0) is 19.2 Å². The molecule has 2 N–H and O–H groups in total. The molecule has 2 aromatic rings. The first-order valence-corrected chi connectivity index (χ1v) is 7.10. The number of methoxy groups -OCH3 is 1. The lowest BCUT2D eigenvalue weighted by atomic mass is 10.1. The maximum atomic E-state index is 12.5. The van der Waals surface area contributed by atoms with Gasteiger partial charge in [-0.1, -0.05) is 18.2 Å². The van der Waals surface area contributed by atoms with E-state index in [4.69, 9.17) is 15.2 Å². The average Bonchev–Trinajstić information content (AvgIpc) is 2.53. The quantitative estimate of drug-likeness (QED) is 0.879. The highest BCUT2D eigenvalue weighted by Gasteiger charge is 2.29. The summed E-state index contributed by atoms with van der Waals surface area (Å²) in [6.07, 6.45) is -3.60. The summed E-state index contributed by atoms with van der Waals surface area (Å²) in [4.78, 5) is 0. The Bertz CT molecular complexity index is 639. The highest BCUT2D eigenvalue weighted by molar-refractivity contribution is 5.43. The fourth-order valence-electron chi connectivity index (χ4n) is 2.10. The Hall–Kier alpha value is -2.21. The van der Waals surface area contributed by atoms with E-state index in [2.05, 4.69) is 0 Å². The topological polar surface area (TPSA) is 44.5 Å². The van der Waals surface area contributed by atoms with Crippen molar-refractivity contribution in [3.05, 3.63) is 59.2 Å². The number of nitrogens with two attached hydrogens (primary N) is 1. The predicted molar refractivity (Wildman–Crippen MR) is 81.5 cm³/mol. The molecule has 3 nitrogen and oxygen atoms in total. The molecule has 0 fully saturated rings. The summed E-state index contributed by atoms with van der Waals surface area (Å²) in [5.74, 6) is 1.11. The molecule has 0 aliphatic carbocycles. The summed E-state index contributed by atoms with van der Waals surface area (Å²) in [6, 6.07) is 10.4. The lowest BCUT2D eigenvalue weighted by molar-refractivity contribution is -0.137. The maximum absolute atomic E-state index is 12.5. The molecule has 0 saturated carbocycles. The number of ether oxygens (including phenoxy) is 2. The first-order valence-electron chi connectivity index (χ1n) is 7.10. The van der Waals surface area contributed by atoms with E-state index in [9.17, 15) is 13.2 Å². The third-order valence-electron chi connectivity index (χ3n) is 3.34. The van der Waals surface area contributed by atoms with Crippen molar-refractivity contribution in [2.24, 2.45) is 5.73 Å². The van der Waals surface area contributed by atoms with Gasteiger partial charge in [-0.3, -0.25) is 0 Å². The fraction of sp³-hybridized carbons (Fsp3) is 0.294. The summed E-state index contributed by atoms with van der Waals surface area (Å²) < 4.78 is 48.4. The zero-order valence-electron chi connectivity index (χ0n) is 12.7. The van der Waals surface area contributed by atoms with Gasteiger partial charge in [0.05, 0.1) is 12.7 Å². The molecule has 0 amide bonds. The van der Waals surface area contributed by atoms with E-state index in [0.29, 0.717) is 23.6 Å². The van der Waals surface area contributed by atoms with Crippen LogP contribution in [-0.4, -0.2) is 13.7 Å². The van der Waals surface area contributed by atoms with Crippen molar-refractivity contribution in [1.29, 1.82) is 0 Å². The van der Waals surface area contributed by atoms with Crippen LogP contribution in [0.5, 0.6) is 11.5 Å². The van der Waals surface area contributed by atoms with Crippen LogP contribution in [0.2, 0.25) is 0 Å². The summed E-state index contributed by atoms with van der Waals surface area (Å²) >= 11 is 0. The second-order valence-electron chi connectivity index (χ2n) is 5.01. The average molecular weight is 325 g/mol. The molecule has 2 aromatic carbocycles. The zero-order valence-corrected chi connectivity index (χ0v) is 12.7. The smallest absolute Gasteiger partial charge is 0.416 e. The predicted octanol–water partition coefficient (Wildman–Crippen LogP) is 3.79. The van der Waals surface area contributed by atoms with Crippen molar-refractivity contribution >= 4 is 0 Å². The van der Waals surface area contributed by atoms with Crippen LogP contribution < -0.4 is 15.2 Å². The minimum atomic E-state index is -4.33. The first-order chi connectivity index (χ1) is 10.9. The van der Waals surface area contributed by atoms with Crippen molar-refractivity contribution in [3.63, 3.8) is 0 Å². The molecule has 0 spiro atoms. The molecule has 0 bridgehead atoms. The molecule has 0 radical (unpaired) electrons. The number of hydrogen-bond donors (Lipinski definition) is 1. The standard InChI is InChI=1S/C17H18F3NO2/c1-22-16-10-12(8-9-21)4-7-15(16)23-11-13-2-5-14(6-3-13)17(18,19)20/h2-7,10H,8-9,11,21H2,1H3. The van der Waals surface area contributed by atoms with Gasteiger partial charge < -0.3 is 15.2 Å². The van der Waals surface area contributed by atoms with E-state index >= 15 is 0 Å². The Labute approximate surface area is 132 Å². The zero-order chi connectivity index (χ0) is 16.9. The van der Waals surface area contributed by atoms with Gasteiger partial charge in [0.15, 0.2) is 11.5 Å². The number of alkyl halides is 3. The maximum Gasteiger partial charge on any atom is 0.416 e. The summed E-state index contributed by atoms with van der Waals surface area (Å²) in [7, 11) is 1.53. The van der Waals surface area contributed by atoms with Gasteiger partial charge in [0.1, 0.15) is 6.61 Å². The Morgan fingerprint density at radius 3 is 2.17 bits per heavy atom. The van der Waals surface area contributed by atoms with Crippen molar-refractivity contribution in [2.75, 3.05) is 13.7 Å². The molecule has 0 unspecified atom stereocenters. The van der Waals surface area contributed by atoms with Crippen LogP contribution in [0, 0.1) is 0 Å². The van der Waals surface area contributed by atoms with Gasteiger partial charge >= 0.3 is 6.18 Å². The Kier molecular flexibility index (Phi) is 5.50. The SMILES string of the molecule is COc1cc(CCN)ccc1OCc1ccc(C(F)(F)F)cc1. The molecule has 2 rings (SSSR count). The Morgan fingerprint density at radius 2 is 1.61 bits per heavy atom. The molecule has 0 aliphatic rings. The first kappa shape index (κ1) is 17.1. The molecule has 0 aromatic heterocycles. The van der Waals surface area contributed by atoms with Crippen LogP contribution in [0.1, 0.15) is 16.7 Å². The molecule has 0 saturated heterocycles. The molecule has 0 atom stereocenters. The van der Waals surface area contributed by atoms with Gasteiger partial charge in [-0.2, -0.15) is 13.2 Å². The van der Waals surface area contributed by atoms with Gasteiger partial charge in [-0.15, -0.1) is 0 Å².